The number of hydrogen-bond donors (Lipinski definition) is 0. The second-order valence-corrected chi connectivity index (χ2v) is 7.43. The van der Waals surface area contributed by atoms with Crippen molar-refractivity contribution in [1.82, 2.24) is 19.8 Å². The molecule has 162 valence electrons. The third-order valence-corrected chi connectivity index (χ3v) is 5.44. The molecule has 4 rings (SSSR count). The predicted molar refractivity (Wildman–Crippen MR) is 118 cm³/mol. The number of amides is 2. The fourth-order valence-electron chi connectivity index (χ4n) is 3.77. The zero-order valence-electron chi connectivity index (χ0n) is 17.7. The average molecular weight is 430 g/mol. The van der Waals surface area contributed by atoms with Gasteiger partial charge in [-0.1, -0.05) is 18.2 Å². The summed E-state index contributed by atoms with van der Waals surface area (Å²) in [5.74, 6) is -1.16. The Balaban J connectivity index is 1.69. The standard InChI is InChI=1S/C25H23FN4O2/c1-2-29(16-12-18-10-14-27-15-11-18)23-22(19-6-8-20(26)9-7-19)24(31)30(25(23)32)17-21-5-3-4-13-28-21/h3-11,13-15H,2,12,16-17H2,1H3. The van der Waals surface area contributed by atoms with Crippen molar-refractivity contribution in [3.8, 4) is 0 Å². The van der Waals surface area contributed by atoms with E-state index in [1.165, 1.54) is 29.2 Å². The first-order valence-corrected chi connectivity index (χ1v) is 10.5. The summed E-state index contributed by atoms with van der Waals surface area (Å²) in [6.45, 7) is 3.12. The van der Waals surface area contributed by atoms with E-state index in [1.807, 2.05) is 30.0 Å². The van der Waals surface area contributed by atoms with Gasteiger partial charge in [0.1, 0.15) is 11.5 Å². The Kier molecular flexibility index (Phi) is 6.35. The Labute approximate surface area is 186 Å². The highest BCUT2D eigenvalue weighted by Crippen LogP contribution is 2.32. The van der Waals surface area contributed by atoms with Gasteiger partial charge in [0, 0.05) is 31.7 Å². The lowest BCUT2D eigenvalue weighted by atomic mass is 10.0. The molecular weight excluding hydrogens is 407 g/mol. The van der Waals surface area contributed by atoms with Crippen LogP contribution < -0.4 is 0 Å². The van der Waals surface area contributed by atoms with Gasteiger partial charge < -0.3 is 4.90 Å². The number of pyridine rings is 2. The lowest BCUT2D eigenvalue weighted by Crippen LogP contribution is -2.35. The number of carbonyl (C=O) groups is 2. The van der Waals surface area contributed by atoms with E-state index in [0.717, 1.165) is 5.56 Å². The van der Waals surface area contributed by atoms with E-state index in [2.05, 4.69) is 9.97 Å². The Hall–Kier alpha value is -3.87. The molecule has 1 aliphatic rings. The van der Waals surface area contributed by atoms with Crippen molar-refractivity contribution >= 4 is 17.4 Å². The maximum atomic E-state index is 13.5. The van der Waals surface area contributed by atoms with E-state index in [1.54, 1.807) is 30.7 Å². The topological polar surface area (TPSA) is 66.4 Å². The van der Waals surface area contributed by atoms with Gasteiger partial charge in [0.2, 0.25) is 0 Å². The Morgan fingerprint density at radius 1 is 0.938 bits per heavy atom. The van der Waals surface area contributed by atoms with E-state index < -0.39 is 11.7 Å². The van der Waals surface area contributed by atoms with Crippen LogP contribution in [-0.2, 0) is 22.6 Å². The summed E-state index contributed by atoms with van der Waals surface area (Å²) < 4.78 is 13.5. The van der Waals surface area contributed by atoms with Crippen LogP contribution in [0.2, 0.25) is 0 Å². The van der Waals surface area contributed by atoms with Gasteiger partial charge in [-0.25, -0.2) is 4.39 Å². The highest BCUT2D eigenvalue weighted by Gasteiger charge is 2.41. The zero-order valence-corrected chi connectivity index (χ0v) is 17.7. The summed E-state index contributed by atoms with van der Waals surface area (Å²) in [6, 6.07) is 14.9. The largest absolute Gasteiger partial charge is 0.366 e. The minimum absolute atomic E-state index is 0.0780. The summed E-state index contributed by atoms with van der Waals surface area (Å²) in [6.07, 6.45) is 5.78. The van der Waals surface area contributed by atoms with Crippen LogP contribution in [0.5, 0.6) is 0 Å². The fraction of sp³-hybridized carbons (Fsp3) is 0.200. The fourth-order valence-corrected chi connectivity index (χ4v) is 3.77. The number of hydrogen-bond acceptors (Lipinski definition) is 5. The molecular formula is C25H23FN4O2. The van der Waals surface area contributed by atoms with Gasteiger partial charge in [-0.05, 0) is 60.9 Å². The molecule has 3 aromatic rings. The van der Waals surface area contributed by atoms with Crippen LogP contribution in [-0.4, -0.2) is 44.7 Å². The molecule has 0 unspecified atom stereocenters. The first-order chi connectivity index (χ1) is 15.6. The normalized spacial score (nSPS) is 13.8. The van der Waals surface area contributed by atoms with Gasteiger partial charge in [0.05, 0.1) is 17.8 Å². The molecule has 0 N–H and O–H groups in total. The van der Waals surface area contributed by atoms with Gasteiger partial charge in [-0.3, -0.25) is 24.5 Å². The molecule has 0 saturated heterocycles. The second-order valence-electron chi connectivity index (χ2n) is 7.43. The van der Waals surface area contributed by atoms with E-state index in [-0.39, 0.29) is 12.5 Å². The summed E-state index contributed by atoms with van der Waals surface area (Å²) in [4.78, 5) is 38.3. The van der Waals surface area contributed by atoms with Crippen LogP contribution in [0, 0.1) is 5.82 Å². The number of benzene rings is 1. The molecule has 6 nitrogen and oxygen atoms in total. The first-order valence-electron chi connectivity index (χ1n) is 10.5. The highest BCUT2D eigenvalue weighted by atomic mass is 19.1. The molecule has 0 spiro atoms. The first kappa shape index (κ1) is 21.4. The van der Waals surface area contributed by atoms with Crippen molar-refractivity contribution in [2.45, 2.75) is 19.9 Å². The quantitative estimate of drug-likeness (QED) is 0.512. The summed E-state index contributed by atoms with van der Waals surface area (Å²) >= 11 is 0. The number of aromatic nitrogens is 2. The van der Waals surface area contributed by atoms with Crippen molar-refractivity contribution in [3.05, 3.63) is 102 Å². The van der Waals surface area contributed by atoms with Crippen molar-refractivity contribution in [1.29, 1.82) is 0 Å². The van der Waals surface area contributed by atoms with Gasteiger partial charge in [-0.15, -0.1) is 0 Å². The smallest absolute Gasteiger partial charge is 0.278 e. The van der Waals surface area contributed by atoms with Crippen LogP contribution in [0.1, 0.15) is 23.7 Å². The summed E-state index contributed by atoms with van der Waals surface area (Å²) in [7, 11) is 0. The SMILES string of the molecule is CCN(CCc1ccncc1)C1=C(c2ccc(F)cc2)C(=O)N(Cc2ccccn2)C1=O. The van der Waals surface area contributed by atoms with Crippen LogP contribution >= 0.6 is 0 Å². The van der Waals surface area contributed by atoms with Crippen LogP contribution in [0.25, 0.3) is 5.57 Å². The molecule has 0 atom stereocenters. The average Bonchev–Trinajstić information content (AvgIpc) is 3.06. The maximum absolute atomic E-state index is 13.5. The Morgan fingerprint density at radius 3 is 2.34 bits per heavy atom. The highest BCUT2D eigenvalue weighted by molar-refractivity contribution is 6.35. The molecule has 0 aliphatic carbocycles. The molecule has 2 amide bonds. The third kappa shape index (κ3) is 4.42. The number of carbonyl (C=O) groups excluding carboxylic acids is 2. The van der Waals surface area contributed by atoms with E-state index in [0.29, 0.717) is 42.0 Å². The maximum Gasteiger partial charge on any atom is 0.278 e. The van der Waals surface area contributed by atoms with Gasteiger partial charge in [-0.2, -0.15) is 0 Å². The van der Waals surface area contributed by atoms with Crippen molar-refractivity contribution in [2.24, 2.45) is 0 Å². The molecule has 0 saturated carbocycles. The minimum atomic E-state index is -0.400. The lowest BCUT2D eigenvalue weighted by Gasteiger charge is -2.24. The van der Waals surface area contributed by atoms with E-state index in [9.17, 15) is 14.0 Å². The van der Waals surface area contributed by atoms with Gasteiger partial charge in [0.15, 0.2) is 0 Å². The third-order valence-electron chi connectivity index (χ3n) is 5.44. The number of halogens is 1. The minimum Gasteiger partial charge on any atom is -0.366 e. The molecule has 2 aromatic heterocycles. The Bertz CT molecular complexity index is 1130. The molecule has 1 aliphatic heterocycles. The molecule has 32 heavy (non-hydrogen) atoms. The number of imide groups is 1. The van der Waals surface area contributed by atoms with Crippen LogP contribution in [0.3, 0.4) is 0 Å². The van der Waals surface area contributed by atoms with Gasteiger partial charge >= 0.3 is 0 Å². The number of rotatable bonds is 8. The van der Waals surface area contributed by atoms with Crippen molar-refractivity contribution in [2.75, 3.05) is 13.1 Å². The summed E-state index contributed by atoms with van der Waals surface area (Å²) in [5, 5.41) is 0. The van der Waals surface area contributed by atoms with Crippen LogP contribution in [0.15, 0.2) is 78.9 Å². The van der Waals surface area contributed by atoms with Gasteiger partial charge in [0.25, 0.3) is 11.8 Å². The van der Waals surface area contributed by atoms with E-state index >= 15 is 0 Å². The van der Waals surface area contributed by atoms with Crippen molar-refractivity contribution < 1.29 is 14.0 Å². The second kappa shape index (κ2) is 9.51. The number of nitrogens with zero attached hydrogens (tertiary/aromatic N) is 4. The van der Waals surface area contributed by atoms with Crippen molar-refractivity contribution in [3.63, 3.8) is 0 Å². The zero-order chi connectivity index (χ0) is 22.5. The van der Waals surface area contributed by atoms with E-state index in [4.69, 9.17) is 0 Å². The summed E-state index contributed by atoms with van der Waals surface area (Å²) in [5.41, 5.74) is 2.86. The molecule has 7 heteroatoms. The Morgan fingerprint density at radius 2 is 1.69 bits per heavy atom. The molecule has 0 bridgehead atoms. The number of likely N-dealkylation sites (N-methyl/N-ethyl adjacent to an activating group) is 1. The lowest BCUT2D eigenvalue weighted by molar-refractivity contribution is -0.138. The molecule has 0 radical (unpaired) electrons. The predicted octanol–water partition coefficient (Wildman–Crippen LogP) is 3.46. The monoisotopic (exact) mass is 430 g/mol. The molecule has 1 aromatic carbocycles. The van der Waals surface area contributed by atoms with Crippen LogP contribution in [0.4, 0.5) is 4.39 Å². The molecule has 3 heterocycles. The molecule has 0 fully saturated rings.